The Morgan fingerprint density at radius 2 is 2.05 bits per heavy atom. The Bertz CT molecular complexity index is 575. The fourth-order valence-corrected chi connectivity index (χ4v) is 2.50. The molecule has 0 aliphatic heterocycles. The van der Waals surface area contributed by atoms with Crippen LogP contribution in [0.25, 0.3) is 11.4 Å². The summed E-state index contributed by atoms with van der Waals surface area (Å²) < 4.78 is 18.7. The summed E-state index contributed by atoms with van der Waals surface area (Å²) in [6.07, 6.45) is 1.68. The van der Waals surface area contributed by atoms with Crippen LogP contribution < -0.4 is 5.73 Å². The lowest BCUT2D eigenvalue weighted by atomic mass is 9.94. The van der Waals surface area contributed by atoms with E-state index < -0.39 is 0 Å². The lowest BCUT2D eigenvalue weighted by Gasteiger charge is -2.14. The summed E-state index contributed by atoms with van der Waals surface area (Å²) in [5.41, 5.74) is 7.25. The highest BCUT2D eigenvalue weighted by molar-refractivity contribution is 5.55. The molecule has 2 aromatic rings. The van der Waals surface area contributed by atoms with Gasteiger partial charge >= 0.3 is 0 Å². The molecule has 0 bridgehead atoms. The molecule has 0 aliphatic carbocycles. The number of rotatable bonds is 6. The summed E-state index contributed by atoms with van der Waals surface area (Å²) in [6.45, 7) is 6.75. The molecule has 0 amide bonds. The van der Waals surface area contributed by atoms with Crippen molar-refractivity contribution in [2.75, 3.05) is 6.54 Å². The minimum absolute atomic E-state index is 0.295. The molecule has 0 aliphatic rings. The molecule has 4 nitrogen and oxygen atoms in total. The second-order valence-electron chi connectivity index (χ2n) is 5.96. The Morgan fingerprint density at radius 3 is 2.67 bits per heavy atom. The van der Waals surface area contributed by atoms with Crippen LogP contribution in [0.3, 0.4) is 0 Å². The zero-order valence-electron chi connectivity index (χ0n) is 12.8. The van der Waals surface area contributed by atoms with Gasteiger partial charge in [-0.15, -0.1) is 0 Å². The highest BCUT2D eigenvalue weighted by atomic mass is 19.1. The van der Waals surface area contributed by atoms with Crippen molar-refractivity contribution in [3.05, 3.63) is 35.5 Å². The number of nitrogens with two attached hydrogens (primary N) is 1. The molecule has 0 radical (unpaired) electrons. The van der Waals surface area contributed by atoms with Crippen molar-refractivity contribution in [3.8, 4) is 11.4 Å². The van der Waals surface area contributed by atoms with Gasteiger partial charge in [0.25, 0.3) is 0 Å². The van der Waals surface area contributed by atoms with E-state index in [-0.39, 0.29) is 5.82 Å². The molecule has 1 heterocycles. The van der Waals surface area contributed by atoms with E-state index in [4.69, 9.17) is 10.3 Å². The van der Waals surface area contributed by atoms with Gasteiger partial charge in [-0.1, -0.05) is 19.0 Å². The van der Waals surface area contributed by atoms with E-state index in [9.17, 15) is 4.39 Å². The van der Waals surface area contributed by atoms with Gasteiger partial charge in [-0.25, -0.2) is 4.39 Å². The number of hydrogen-bond acceptors (Lipinski definition) is 4. The third kappa shape index (κ3) is 4.36. The first-order valence-corrected chi connectivity index (χ1v) is 7.28. The van der Waals surface area contributed by atoms with Crippen LogP contribution in [0.2, 0.25) is 0 Å². The normalized spacial score (nSPS) is 12.9. The Labute approximate surface area is 124 Å². The zero-order valence-corrected chi connectivity index (χ0v) is 12.8. The van der Waals surface area contributed by atoms with Gasteiger partial charge in [-0.3, -0.25) is 0 Å². The van der Waals surface area contributed by atoms with Gasteiger partial charge in [-0.05, 0) is 55.5 Å². The van der Waals surface area contributed by atoms with Gasteiger partial charge in [0.2, 0.25) is 11.7 Å². The molecule has 1 aromatic carbocycles. The summed E-state index contributed by atoms with van der Waals surface area (Å²) in [4.78, 5) is 4.36. The average molecular weight is 291 g/mol. The Balaban J connectivity index is 2.13. The predicted molar refractivity (Wildman–Crippen MR) is 80.1 cm³/mol. The van der Waals surface area contributed by atoms with Gasteiger partial charge in [0.05, 0.1) is 0 Å². The number of hydrogen-bond donors (Lipinski definition) is 1. The Hall–Kier alpha value is -1.75. The molecule has 1 aromatic heterocycles. The topological polar surface area (TPSA) is 64.9 Å². The second-order valence-corrected chi connectivity index (χ2v) is 5.96. The monoisotopic (exact) mass is 291 g/mol. The van der Waals surface area contributed by atoms with E-state index in [1.807, 2.05) is 13.0 Å². The van der Waals surface area contributed by atoms with E-state index in [0.717, 1.165) is 12.0 Å². The van der Waals surface area contributed by atoms with Crippen LogP contribution in [0.15, 0.2) is 22.7 Å². The average Bonchev–Trinajstić information content (AvgIpc) is 2.84. The first-order chi connectivity index (χ1) is 9.97. The summed E-state index contributed by atoms with van der Waals surface area (Å²) in [7, 11) is 0. The van der Waals surface area contributed by atoms with Crippen LogP contribution in [0.1, 0.15) is 31.7 Å². The molecule has 1 atom stereocenters. The van der Waals surface area contributed by atoms with Crippen molar-refractivity contribution in [1.82, 2.24) is 10.1 Å². The molecular weight excluding hydrogens is 269 g/mol. The fourth-order valence-electron chi connectivity index (χ4n) is 2.50. The Morgan fingerprint density at radius 1 is 1.29 bits per heavy atom. The number of nitrogens with zero attached hydrogens (tertiary/aromatic N) is 2. The minimum Gasteiger partial charge on any atom is -0.339 e. The molecule has 2 N–H and O–H groups in total. The molecule has 1 unspecified atom stereocenters. The summed E-state index contributed by atoms with van der Waals surface area (Å²) >= 11 is 0. The predicted octanol–water partition coefficient (Wildman–Crippen LogP) is 3.35. The quantitative estimate of drug-likeness (QED) is 0.886. The van der Waals surface area contributed by atoms with Gasteiger partial charge in [-0.2, -0.15) is 4.98 Å². The third-order valence-electron chi connectivity index (χ3n) is 3.37. The molecule has 0 fully saturated rings. The smallest absolute Gasteiger partial charge is 0.227 e. The molecule has 0 saturated carbocycles. The molecule has 0 saturated heterocycles. The van der Waals surface area contributed by atoms with Crippen molar-refractivity contribution >= 4 is 0 Å². The lowest BCUT2D eigenvalue weighted by molar-refractivity contribution is 0.332. The maximum Gasteiger partial charge on any atom is 0.227 e. The molecule has 0 spiro atoms. The van der Waals surface area contributed by atoms with Crippen LogP contribution in [0, 0.1) is 24.6 Å². The van der Waals surface area contributed by atoms with Crippen LogP contribution in [-0.4, -0.2) is 16.7 Å². The molecular formula is C16H22FN3O. The lowest BCUT2D eigenvalue weighted by Crippen LogP contribution is -2.19. The summed E-state index contributed by atoms with van der Waals surface area (Å²) in [5, 5.41) is 3.94. The molecule has 5 heteroatoms. The number of aryl methyl sites for hydroxylation is 1. The van der Waals surface area contributed by atoms with Gasteiger partial charge in [0.1, 0.15) is 5.82 Å². The minimum atomic E-state index is -0.295. The van der Waals surface area contributed by atoms with E-state index in [1.54, 1.807) is 0 Å². The van der Waals surface area contributed by atoms with Crippen molar-refractivity contribution in [1.29, 1.82) is 0 Å². The van der Waals surface area contributed by atoms with Crippen LogP contribution >= 0.6 is 0 Å². The van der Waals surface area contributed by atoms with Crippen molar-refractivity contribution < 1.29 is 8.91 Å². The summed E-state index contributed by atoms with van der Waals surface area (Å²) in [5.74, 6) is 1.59. The molecule has 114 valence electrons. The summed E-state index contributed by atoms with van der Waals surface area (Å²) in [6, 6.07) is 4.72. The first-order valence-electron chi connectivity index (χ1n) is 7.28. The number of halogens is 1. The van der Waals surface area contributed by atoms with E-state index in [1.165, 1.54) is 12.1 Å². The maximum atomic E-state index is 13.4. The second kappa shape index (κ2) is 6.80. The van der Waals surface area contributed by atoms with E-state index in [2.05, 4.69) is 24.0 Å². The van der Waals surface area contributed by atoms with Crippen LogP contribution in [0.4, 0.5) is 4.39 Å². The largest absolute Gasteiger partial charge is 0.339 e. The first kappa shape index (κ1) is 15.6. The van der Waals surface area contributed by atoms with Crippen LogP contribution in [-0.2, 0) is 6.42 Å². The van der Waals surface area contributed by atoms with E-state index >= 15 is 0 Å². The number of benzene rings is 1. The zero-order chi connectivity index (χ0) is 15.4. The highest BCUT2D eigenvalue weighted by Gasteiger charge is 2.16. The van der Waals surface area contributed by atoms with E-state index in [0.29, 0.717) is 42.1 Å². The standard InChI is InChI=1S/C16H22FN3O/c1-10(2)4-12(9-18)7-15-19-16(20-21-15)13-5-11(3)6-14(17)8-13/h5-6,8,10,12H,4,7,9,18H2,1-3H3. The van der Waals surface area contributed by atoms with Gasteiger partial charge in [0, 0.05) is 12.0 Å². The maximum absolute atomic E-state index is 13.4. The fraction of sp³-hybridized carbons (Fsp3) is 0.500. The van der Waals surface area contributed by atoms with Crippen molar-refractivity contribution in [2.45, 2.75) is 33.6 Å². The van der Waals surface area contributed by atoms with Crippen LogP contribution in [0.5, 0.6) is 0 Å². The van der Waals surface area contributed by atoms with Gasteiger partial charge < -0.3 is 10.3 Å². The highest BCUT2D eigenvalue weighted by Crippen LogP contribution is 2.21. The van der Waals surface area contributed by atoms with Crippen molar-refractivity contribution in [3.63, 3.8) is 0 Å². The third-order valence-corrected chi connectivity index (χ3v) is 3.37. The Kier molecular flexibility index (Phi) is 5.07. The molecule has 21 heavy (non-hydrogen) atoms. The van der Waals surface area contributed by atoms with Crippen molar-refractivity contribution in [2.24, 2.45) is 17.6 Å². The van der Waals surface area contributed by atoms with Gasteiger partial charge in [0.15, 0.2) is 0 Å². The number of aromatic nitrogens is 2. The SMILES string of the molecule is Cc1cc(F)cc(-c2noc(CC(CN)CC(C)C)n2)c1. The molecule has 2 rings (SSSR count).